The van der Waals surface area contributed by atoms with Gasteiger partial charge in [0.2, 0.25) is 0 Å². The quantitative estimate of drug-likeness (QED) is 0.625. The summed E-state index contributed by atoms with van der Waals surface area (Å²) in [4.78, 5) is 30.3. The van der Waals surface area contributed by atoms with E-state index in [1.807, 2.05) is 34.9 Å². The lowest BCUT2D eigenvalue weighted by Gasteiger charge is -2.12. The van der Waals surface area contributed by atoms with Crippen LogP contribution in [0.4, 0.5) is 0 Å². The van der Waals surface area contributed by atoms with Crippen molar-refractivity contribution in [3.05, 3.63) is 63.1 Å². The van der Waals surface area contributed by atoms with Gasteiger partial charge in [-0.15, -0.1) is 0 Å². The van der Waals surface area contributed by atoms with Crippen molar-refractivity contribution in [2.45, 2.75) is 59.2 Å². The number of nitrogens with zero attached hydrogens (tertiary/aromatic N) is 4. The molecule has 6 heteroatoms. The predicted molar refractivity (Wildman–Crippen MR) is 104 cm³/mol. The Morgan fingerprint density at radius 2 is 1.58 bits per heavy atom. The number of hydrogen-bond acceptors (Lipinski definition) is 3. The van der Waals surface area contributed by atoms with Gasteiger partial charge in [-0.25, -0.2) is 9.78 Å². The van der Waals surface area contributed by atoms with Gasteiger partial charge < -0.3 is 4.57 Å². The molecule has 0 amide bonds. The van der Waals surface area contributed by atoms with Gasteiger partial charge in [0.15, 0.2) is 11.2 Å². The summed E-state index contributed by atoms with van der Waals surface area (Å²) in [7, 11) is 0. The Balaban J connectivity index is 2.16. The summed E-state index contributed by atoms with van der Waals surface area (Å²) in [6, 6.07) is 9.97. The summed E-state index contributed by atoms with van der Waals surface area (Å²) < 4.78 is 4.90. The molecule has 1 aromatic carbocycles. The molecule has 0 saturated carbocycles. The molecule has 2 aromatic heterocycles. The minimum absolute atomic E-state index is 0.236. The van der Waals surface area contributed by atoms with E-state index in [0.717, 1.165) is 31.2 Å². The molecule has 3 aromatic rings. The molecule has 3 rings (SSSR count). The molecule has 0 fully saturated rings. The molecule has 6 nitrogen and oxygen atoms in total. The average Bonchev–Trinajstić information content (AvgIpc) is 3.06. The second-order valence-electron chi connectivity index (χ2n) is 6.63. The summed E-state index contributed by atoms with van der Waals surface area (Å²) in [5.74, 6) is 0. The van der Waals surface area contributed by atoms with Gasteiger partial charge in [0.25, 0.3) is 5.56 Å². The molecule has 0 atom stereocenters. The van der Waals surface area contributed by atoms with Crippen LogP contribution in [0.15, 0.2) is 46.2 Å². The van der Waals surface area contributed by atoms with E-state index in [1.54, 1.807) is 10.9 Å². The number of hydrogen-bond donors (Lipinski definition) is 0. The molecule has 26 heavy (non-hydrogen) atoms. The van der Waals surface area contributed by atoms with Gasteiger partial charge in [-0.3, -0.25) is 13.9 Å². The summed E-state index contributed by atoms with van der Waals surface area (Å²) >= 11 is 0. The van der Waals surface area contributed by atoms with Crippen LogP contribution in [0, 0.1) is 0 Å². The average molecular weight is 354 g/mol. The van der Waals surface area contributed by atoms with E-state index in [9.17, 15) is 9.59 Å². The molecule has 138 valence electrons. The smallest absolute Gasteiger partial charge is 0.320 e. The first-order chi connectivity index (χ1) is 12.7. The SMILES string of the molecule is CCCCn1c(=O)c2c(ncn2Cc2ccccc2)n(CCCC)c1=O. The van der Waals surface area contributed by atoms with Gasteiger partial charge >= 0.3 is 5.69 Å². The maximum atomic E-state index is 13.0. The molecule has 0 aliphatic heterocycles. The topological polar surface area (TPSA) is 61.8 Å². The Morgan fingerprint density at radius 1 is 0.923 bits per heavy atom. The van der Waals surface area contributed by atoms with Crippen LogP contribution in [-0.2, 0) is 19.6 Å². The lowest BCUT2D eigenvalue weighted by atomic mass is 10.2. The van der Waals surface area contributed by atoms with E-state index < -0.39 is 0 Å². The highest BCUT2D eigenvalue weighted by atomic mass is 16.2. The Labute approximate surface area is 152 Å². The van der Waals surface area contributed by atoms with Crippen molar-refractivity contribution in [2.24, 2.45) is 0 Å². The predicted octanol–water partition coefficient (Wildman–Crippen LogP) is 3.01. The van der Waals surface area contributed by atoms with E-state index in [1.165, 1.54) is 4.57 Å². The highest BCUT2D eigenvalue weighted by molar-refractivity contribution is 5.70. The second kappa shape index (κ2) is 8.17. The standard InChI is InChI=1S/C20H26N4O2/c1-3-5-12-23-18-17(19(25)24(20(23)26)13-6-4-2)22(15-21-18)14-16-10-8-7-9-11-16/h7-11,15H,3-6,12-14H2,1-2H3. The number of aryl methyl sites for hydroxylation is 1. The van der Waals surface area contributed by atoms with E-state index in [4.69, 9.17) is 0 Å². The molecule has 0 unspecified atom stereocenters. The van der Waals surface area contributed by atoms with Crippen molar-refractivity contribution in [1.29, 1.82) is 0 Å². The fraction of sp³-hybridized carbons (Fsp3) is 0.450. The fourth-order valence-corrected chi connectivity index (χ4v) is 3.17. The molecule has 0 saturated heterocycles. The summed E-state index contributed by atoms with van der Waals surface area (Å²) in [6.07, 6.45) is 5.27. The maximum Gasteiger partial charge on any atom is 0.332 e. The summed E-state index contributed by atoms with van der Waals surface area (Å²) in [6.45, 7) is 5.74. The van der Waals surface area contributed by atoms with Crippen molar-refractivity contribution < 1.29 is 0 Å². The third-order valence-corrected chi connectivity index (χ3v) is 4.65. The van der Waals surface area contributed by atoms with Crippen molar-refractivity contribution in [3.8, 4) is 0 Å². The van der Waals surface area contributed by atoms with Crippen LogP contribution >= 0.6 is 0 Å². The normalized spacial score (nSPS) is 11.3. The van der Waals surface area contributed by atoms with Crippen LogP contribution in [-0.4, -0.2) is 18.7 Å². The zero-order valence-corrected chi connectivity index (χ0v) is 15.5. The van der Waals surface area contributed by atoms with Crippen molar-refractivity contribution in [3.63, 3.8) is 0 Å². The minimum Gasteiger partial charge on any atom is -0.320 e. The highest BCUT2D eigenvalue weighted by Gasteiger charge is 2.17. The van der Waals surface area contributed by atoms with Gasteiger partial charge in [0, 0.05) is 19.6 Å². The molecular formula is C20H26N4O2. The van der Waals surface area contributed by atoms with Crippen molar-refractivity contribution in [1.82, 2.24) is 18.7 Å². The third-order valence-electron chi connectivity index (χ3n) is 4.65. The van der Waals surface area contributed by atoms with Gasteiger partial charge in [0.05, 0.1) is 6.33 Å². The van der Waals surface area contributed by atoms with Gasteiger partial charge in [-0.2, -0.15) is 0 Å². The number of unbranched alkanes of at least 4 members (excludes halogenated alkanes) is 2. The minimum atomic E-state index is -0.241. The molecule has 0 spiro atoms. The van der Waals surface area contributed by atoms with Crippen LogP contribution < -0.4 is 11.2 Å². The van der Waals surface area contributed by atoms with E-state index in [2.05, 4.69) is 18.8 Å². The zero-order chi connectivity index (χ0) is 18.5. The van der Waals surface area contributed by atoms with Crippen LogP contribution in [0.1, 0.15) is 45.1 Å². The zero-order valence-electron chi connectivity index (χ0n) is 15.5. The number of imidazole rings is 1. The number of aromatic nitrogens is 4. The van der Waals surface area contributed by atoms with E-state index >= 15 is 0 Å². The Kier molecular flexibility index (Phi) is 5.71. The highest BCUT2D eigenvalue weighted by Crippen LogP contribution is 2.11. The fourth-order valence-electron chi connectivity index (χ4n) is 3.17. The van der Waals surface area contributed by atoms with Crippen molar-refractivity contribution >= 4 is 11.2 Å². The molecule has 0 radical (unpaired) electrons. The van der Waals surface area contributed by atoms with E-state index in [0.29, 0.717) is 30.8 Å². The molecule has 0 aliphatic rings. The number of fused-ring (bicyclic) bond motifs is 1. The first-order valence-electron chi connectivity index (χ1n) is 9.39. The number of rotatable bonds is 8. The Bertz CT molecular complexity index is 983. The number of benzene rings is 1. The molecule has 2 heterocycles. The van der Waals surface area contributed by atoms with E-state index in [-0.39, 0.29) is 11.2 Å². The molecule has 0 bridgehead atoms. The van der Waals surface area contributed by atoms with Gasteiger partial charge in [0.1, 0.15) is 0 Å². The lowest BCUT2D eigenvalue weighted by molar-refractivity contribution is 0.529. The monoisotopic (exact) mass is 354 g/mol. The maximum absolute atomic E-state index is 13.0. The van der Waals surface area contributed by atoms with Gasteiger partial charge in [-0.05, 0) is 18.4 Å². The van der Waals surface area contributed by atoms with Crippen LogP contribution in [0.3, 0.4) is 0 Å². The first kappa shape index (κ1) is 18.2. The summed E-state index contributed by atoms with van der Waals surface area (Å²) in [5, 5.41) is 0. The lowest BCUT2D eigenvalue weighted by Crippen LogP contribution is -2.40. The Hall–Kier alpha value is -2.63. The van der Waals surface area contributed by atoms with Crippen LogP contribution in [0.5, 0.6) is 0 Å². The van der Waals surface area contributed by atoms with Crippen LogP contribution in [0.25, 0.3) is 11.2 Å². The van der Waals surface area contributed by atoms with Crippen molar-refractivity contribution in [2.75, 3.05) is 0 Å². The first-order valence-corrected chi connectivity index (χ1v) is 9.39. The van der Waals surface area contributed by atoms with Crippen LogP contribution in [0.2, 0.25) is 0 Å². The molecule has 0 N–H and O–H groups in total. The third kappa shape index (κ3) is 3.49. The largest absolute Gasteiger partial charge is 0.332 e. The molecular weight excluding hydrogens is 328 g/mol. The second-order valence-corrected chi connectivity index (χ2v) is 6.63. The summed E-state index contributed by atoms with van der Waals surface area (Å²) in [5.41, 5.74) is 1.63. The van der Waals surface area contributed by atoms with Gasteiger partial charge in [-0.1, -0.05) is 57.0 Å². The Morgan fingerprint density at radius 3 is 2.23 bits per heavy atom. The molecule has 0 aliphatic carbocycles.